The van der Waals surface area contributed by atoms with Crippen LogP contribution in [0.4, 0.5) is 0 Å². The van der Waals surface area contributed by atoms with Crippen LogP contribution in [0.5, 0.6) is 0 Å². The minimum atomic E-state index is -0.464. The third-order valence-electron chi connectivity index (χ3n) is 3.04. The molecule has 1 atom stereocenters. The van der Waals surface area contributed by atoms with Gasteiger partial charge in [-0.05, 0) is 31.9 Å². The van der Waals surface area contributed by atoms with Crippen LogP contribution in [0.25, 0.3) is 0 Å². The molecule has 0 aromatic carbocycles. The third kappa shape index (κ3) is 3.22. The highest BCUT2D eigenvalue weighted by Crippen LogP contribution is 2.33. The van der Waals surface area contributed by atoms with Crippen molar-refractivity contribution in [3.8, 4) is 0 Å². The second-order valence-corrected chi connectivity index (χ2v) is 5.85. The number of hydrogen-bond acceptors (Lipinski definition) is 3. The first kappa shape index (κ1) is 11.9. The number of hydrogen-bond donors (Lipinski definition) is 1. The smallest absolute Gasteiger partial charge is 0.0931 e. The van der Waals surface area contributed by atoms with Gasteiger partial charge in [0.05, 0.1) is 11.8 Å². The Hall–Kier alpha value is -0.540. The molecule has 2 rings (SSSR count). The number of thioether (sulfide) groups is 1. The molecule has 1 aliphatic carbocycles. The second kappa shape index (κ2) is 5.69. The van der Waals surface area contributed by atoms with Crippen LogP contribution < -0.4 is 0 Å². The maximum absolute atomic E-state index is 9.37. The van der Waals surface area contributed by atoms with E-state index >= 15 is 0 Å². The summed E-state index contributed by atoms with van der Waals surface area (Å²) in [5, 5.41) is 10.1. The summed E-state index contributed by atoms with van der Waals surface area (Å²) in [6.45, 7) is 1.75. The Morgan fingerprint density at radius 2 is 2.06 bits per heavy atom. The molecule has 1 aliphatic rings. The average molecular weight is 237 g/mol. The van der Waals surface area contributed by atoms with E-state index < -0.39 is 6.10 Å². The Kier molecular flexibility index (Phi) is 4.24. The number of aliphatic hydroxyl groups is 1. The fourth-order valence-electron chi connectivity index (χ4n) is 2.08. The third-order valence-corrected chi connectivity index (χ3v) is 4.36. The van der Waals surface area contributed by atoms with E-state index in [1.54, 1.807) is 6.92 Å². The lowest BCUT2D eigenvalue weighted by molar-refractivity contribution is 0.194. The first-order valence-electron chi connectivity index (χ1n) is 6.06. The predicted octanol–water partition coefficient (Wildman–Crippen LogP) is 3.56. The van der Waals surface area contributed by atoms with Gasteiger partial charge < -0.3 is 5.11 Å². The molecule has 1 saturated carbocycles. The summed E-state index contributed by atoms with van der Waals surface area (Å²) >= 11 is 1.94. The summed E-state index contributed by atoms with van der Waals surface area (Å²) in [5.74, 6) is 0. The molecule has 0 aliphatic heterocycles. The Bertz CT molecular complexity index is 317. The number of nitrogens with zero attached hydrogens (tertiary/aromatic N) is 1. The second-order valence-electron chi connectivity index (χ2n) is 4.47. The molecule has 2 nitrogen and oxygen atoms in total. The van der Waals surface area contributed by atoms with E-state index in [1.807, 2.05) is 24.0 Å². The van der Waals surface area contributed by atoms with Gasteiger partial charge in [-0.15, -0.1) is 11.8 Å². The minimum absolute atomic E-state index is 0.464. The Labute approximate surface area is 101 Å². The molecular formula is C13H19NOS. The fraction of sp³-hybridized carbons (Fsp3) is 0.615. The monoisotopic (exact) mass is 237 g/mol. The topological polar surface area (TPSA) is 33.1 Å². The van der Waals surface area contributed by atoms with Crippen LogP contribution in [0.1, 0.15) is 50.8 Å². The van der Waals surface area contributed by atoms with E-state index in [1.165, 1.54) is 37.0 Å². The van der Waals surface area contributed by atoms with E-state index in [4.69, 9.17) is 0 Å². The highest BCUT2D eigenvalue weighted by molar-refractivity contribution is 8.00. The van der Waals surface area contributed by atoms with Gasteiger partial charge in [0.1, 0.15) is 0 Å². The van der Waals surface area contributed by atoms with Crippen LogP contribution in [0.15, 0.2) is 23.2 Å². The van der Waals surface area contributed by atoms with Gasteiger partial charge >= 0.3 is 0 Å². The van der Waals surface area contributed by atoms with E-state index in [2.05, 4.69) is 11.1 Å². The molecule has 0 spiro atoms. The van der Waals surface area contributed by atoms with Gasteiger partial charge in [-0.3, -0.25) is 4.98 Å². The summed E-state index contributed by atoms with van der Waals surface area (Å²) in [6.07, 6.45) is 8.24. The van der Waals surface area contributed by atoms with Gasteiger partial charge in [-0.2, -0.15) is 0 Å². The molecule has 1 fully saturated rings. The van der Waals surface area contributed by atoms with Gasteiger partial charge in [-0.25, -0.2) is 0 Å². The van der Waals surface area contributed by atoms with Crippen LogP contribution in [0.2, 0.25) is 0 Å². The van der Waals surface area contributed by atoms with E-state index in [0.29, 0.717) is 0 Å². The summed E-state index contributed by atoms with van der Waals surface area (Å²) in [5.41, 5.74) is 0.757. The van der Waals surface area contributed by atoms with Crippen LogP contribution in [0, 0.1) is 0 Å². The zero-order valence-electron chi connectivity index (χ0n) is 9.72. The summed E-state index contributed by atoms with van der Waals surface area (Å²) in [4.78, 5) is 5.51. The fourth-order valence-corrected chi connectivity index (χ4v) is 3.30. The van der Waals surface area contributed by atoms with Crippen molar-refractivity contribution >= 4 is 11.8 Å². The number of rotatable bonds is 3. The van der Waals surface area contributed by atoms with Crippen molar-refractivity contribution in [2.24, 2.45) is 0 Å². The Morgan fingerprint density at radius 3 is 2.62 bits per heavy atom. The van der Waals surface area contributed by atoms with E-state index in [-0.39, 0.29) is 0 Å². The highest BCUT2D eigenvalue weighted by Gasteiger charge is 2.14. The minimum Gasteiger partial charge on any atom is -0.387 e. The first-order chi connectivity index (χ1) is 7.75. The summed E-state index contributed by atoms with van der Waals surface area (Å²) in [7, 11) is 0. The van der Waals surface area contributed by atoms with Gasteiger partial charge in [0.2, 0.25) is 0 Å². The molecule has 1 heterocycles. The van der Waals surface area contributed by atoms with Crippen molar-refractivity contribution < 1.29 is 5.11 Å². The van der Waals surface area contributed by atoms with Gasteiger partial charge in [0.25, 0.3) is 0 Å². The van der Waals surface area contributed by atoms with Crippen molar-refractivity contribution in [3.05, 3.63) is 24.0 Å². The van der Waals surface area contributed by atoms with Gasteiger partial charge in [0, 0.05) is 16.3 Å². The summed E-state index contributed by atoms with van der Waals surface area (Å²) in [6, 6.07) is 4.00. The highest BCUT2D eigenvalue weighted by atomic mass is 32.2. The average Bonchev–Trinajstić information content (AvgIpc) is 2.31. The molecule has 1 N–H and O–H groups in total. The lowest BCUT2D eigenvalue weighted by Crippen LogP contribution is -2.07. The molecule has 0 saturated heterocycles. The van der Waals surface area contributed by atoms with Crippen LogP contribution in [-0.4, -0.2) is 15.3 Å². The van der Waals surface area contributed by atoms with Crippen molar-refractivity contribution in [2.75, 3.05) is 0 Å². The molecule has 0 bridgehead atoms. The molecule has 88 valence electrons. The van der Waals surface area contributed by atoms with Crippen LogP contribution >= 0.6 is 11.8 Å². The molecule has 3 heteroatoms. The molecule has 0 unspecified atom stereocenters. The van der Waals surface area contributed by atoms with Crippen molar-refractivity contribution in [2.45, 2.75) is 55.3 Å². The maximum Gasteiger partial charge on any atom is 0.0931 e. The van der Waals surface area contributed by atoms with Crippen LogP contribution in [-0.2, 0) is 0 Å². The van der Waals surface area contributed by atoms with Crippen molar-refractivity contribution in [1.82, 2.24) is 4.98 Å². The number of aromatic nitrogens is 1. The lowest BCUT2D eigenvalue weighted by atomic mass is 10.0. The molecule has 16 heavy (non-hydrogen) atoms. The molecule has 1 aromatic rings. The van der Waals surface area contributed by atoms with Crippen molar-refractivity contribution in [3.63, 3.8) is 0 Å². The largest absolute Gasteiger partial charge is 0.387 e. The predicted molar refractivity (Wildman–Crippen MR) is 67.6 cm³/mol. The summed E-state index contributed by atoms with van der Waals surface area (Å²) < 4.78 is 0. The van der Waals surface area contributed by atoms with Crippen LogP contribution in [0.3, 0.4) is 0 Å². The zero-order valence-corrected chi connectivity index (χ0v) is 10.5. The van der Waals surface area contributed by atoms with E-state index in [9.17, 15) is 5.11 Å². The maximum atomic E-state index is 9.37. The molecule has 0 radical (unpaired) electrons. The SMILES string of the molecule is C[C@@H](O)c1ccc(SC2CCCCC2)cn1. The molecule has 1 aromatic heterocycles. The first-order valence-corrected chi connectivity index (χ1v) is 6.94. The number of aliphatic hydroxyl groups excluding tert-OH is 1. The number of pyridine rings is 1. The normalized spacial score (nSPS) is 19.6. The van der Waals surface area contributed by atoms with Gasteiger partial charge in [-0.1, -0.05) is 19.3 Å². The Balaban J connectivity index is 1.93. The Morgan fingerprint density at radius 1 is 1.31 bits per heavy atom. The quantitative estimate of drug-likeness (QED) is 0.872. The molecule has 0 amide bonds. The van der Waals surface area contributed by atoms with E-state index in [0.717, 1.165) is 10.9 Å². The molecular weight excluding hydrogens is 218 g/mol. The zero-order chi connectivity index (χ0) is 11.4. The standard InChI is InChI=1S/C13H19NOS/c1-10(15)13-8-7-12(9-14-13)16-11-5-3-2-4-6-11/h7-11,15H,2-6H2,1H3/t10-/m1/s1. The van der Waals surface area contributed by atoms with Gasteiger partial charge in [0.15, 0.2) is 0 Å². The van der Waals surface area contributed by atoms with Crippen molar-refractivity contribution in [1.29, 1.82) is 0 Å². The lowest BCUT2D eigenvalue weighted by Gasteiger charge is -2.20.